The first-order valence-electron chi connectivity index (χ1n) is 18.0. The summed E-state index contributed by atoms with van der Waals surface area (Å²) in [6.45, 7) is 12.4. The summed E-state index contributed by atoms with van der Waals surface area (Å²) in [7, 11) is 0. The highest BCUT2D eigenvalue weighted by Gasteiger charge is 2.60. The number of hydrogen-bond donors (Lipinski definition) is 3. The van der Waals surface area contributed by atoms with Crippen molar-refractivity contribution in [3.05, 3.63) is 71.3 Å². The minimum absolute atomic E-state index is 0.00744. The number of aliphatic hydroxyl groups excluding tert-OH is 1. The summed E-state index contributed by atoms with van der Waals surface area (Å²) in [5.74, 6) is -2.12. The van der Waals surface area contributed by atoms with Gasteiger partial charge in [0.2, 0.25) is 0 Å². The molecule has 6 rings (SSSR count). The number of amides is 1. The lowest BCUT2D eigenvalue weighted by molar-refractivity contribution is -0.340. The molecule has 1 spiro atoms. The zero-order chi connectivity index (χ0) is 35.1. The second kappa shape index (κ2) is 14.3. The molecule has 5 aliphatic rings. The van der Waals surface area contributed by atoms with Crippen molar-refractivity contribution in [1.82, 2.24) is 5.32 Å². The third kappa shape index (κ3) is 7.00. The average Bonchev–Trinajstić information content (AvgIpc) is 3.73. The van der Waals surface area contributed by atoms with Gasteiger partial charge in [-0.15, -0.1) is 0 Å². The van der Waals surface area contributed by atoms with Gasteiger partial charge in [0.15, 0.2) is 11.5 Å². The summed E-state index contributed by atoms with van der Waals surface area (Å²) >= 11 is 0. The van der Waals surface area contributed by atoms with Crippen molar-refractivity contribution in [2.75, 3.05) is 6.61 Å². The summed E-state index contributed by atoms with van der Waals surface area (Å²) in [5.41, 5.74) is 0.172. The molecular formula is C39H53NO9. The van der Waals surface area contributed by atoms with Crippen molar-refractivity contribution in [1.29, 1.82) is 0 Å². The van der Waals surface area contributed by atoms with Crippen molar-refractivity contribution < 1.29 is 43.2 Å². The number of furan rings is 1. The summed E-state index contributed by atoms with van der Waals surface area (Å²) in [4.78, 5) is 27.3. The quantitative estimate of drug-likeness (QED) is 0.276. The fourth-order valence-electron chi connectivity index (χ4n) is 8.43. The number of allylic oxidation sites excluding steroid dienone is 2. The van der Waals surface area contributed by atoms with Gasteiger partial charge in [0.05, 0.1) is 31.1 Å². The highest BCUT2D eigenvalue weighted by atomic mass is 16.7. The van der Waals surface area contributed by atoms with Crippen LogP contribution in [0.25, 0.3) is 0 Å². The molecule has 1 aromatic rings. The van der Waals surface area contributed by atoms with Crippen LogP contribution in [0.3, 0.4) is 0 Å². The zero-order valence-electron chi connectivity index (χ0n) is 29.6. The maximum absolute atomic E-state index is 14.2. The molecule has 0 radical (unpaired) electrons. The summed E-state index contributed by atoms with van der Waals surface area (Å²) in [6.07, 6.45) is 11.7. The lowest BCUT2D eigenvalue weighted by atomic mass is 9.71. The van der Waals surface area contributed by atoms with Gasteiger partial charge in [-0.2, -0.15) is 0 Å². The van der Waals surface area contributed by atoms with Crippen molar-refractivity contribution in [2.45, 2.75) is 128 Å². The van der Waals surface area contributed by atoms with E-state index < -0.39 is 41.6 Å². The van der Waals surface area contributed by atoms with Gasteiger partial charge in [-0.05, 0) is 67.7 Å². The zero-order valence-corrected chi connectivity index (χ0v) is 29.6. The molecule has 5 heterocycles. The molecule has 10 heteroatoms. The number of nitrogens with one attached hydrogen (secondary N) is 1. The molecule has 268 valence electrons. The number of rotatable bonds is 4. The molecule has 1 aliphatic carbocycles. The SMILES string of the molecule is CC[C@H](C)[C@H]1O[C@]2(CC[C@@H]1C)C[C@@H]1C[C@@H](C/C=C(\C)[C@H](NC(=O)c3ccco3)[C@@H](C)/C=C/C=C3\CO[C@@H]4[C@H](O)C(C)=C[C@@H](C(=O)O1)[C@]34O)O2. The van der Waals surface area contributed by atoms with Crippen LogP contribution in [0.2, 0.25) is 0 Å². The smallest absolute Gasteiger partial charge is 0.316 e. The van der Waals surface area contributed by atoms with Gasteiger partial charge in [-0.25, -0.2) is 0 Å². The molecule has 10 nitrogen and oxygen atoms in total. The van der Waals surface area contributed by atoms with Gasteiger partial charge in [0.1, 0.15) is 29.8 Å². The van der Waals surface area contributed by atoms with Crippen LogP contribution < -0.4 is 5.32 Å². The van der Waals surface area contributed by atoms with Crippen molar-refractivity contribution >= 4 is 11.9 Å². The van der Waals surface area contributed by atoms with Crippen molar-refractivity contribution in [3.63, 3.8) is 0 Å². The molecule has 3 fully saturated rings. The molecule has 0 aromatic carbocycles. The Bertz CT molecular complexity index is 1490. The fourth-order valence-corrected chi connectivity index (χ4v) is 8.43. The van der Waals surface area contributed by atoms with E-state index in [0.29, 0.717) is 48.7 Å². The molecule has 3 N–H and O–H groups in total. The predicted octanol–water partition coefficient (Wildman–Crippen LogP) is 5.56. The Labute approximate surface area is 289 Å². The average molecular weight is 680 g/mol. The third-order valence-electron chi connectivity index (χ3n) is 11.6. The molecule has 0 unspecified atom stereocenters. The van der Waals surface area contributed by atoms with E-state index in [-0.39, 0.29) is 42.4 Å². The topological polar surface area (TPSA) is 137 Å². The molecule has 12 atom stereocenters. The van der Waals surface area contributed by atoms with Crippen molar-refractivity contribution in [3.8, 4) is 0 Å². The number of esters is 1. The normalized spacial score (nSPS) is 43.2. The molecule has 0 saturated carbocycles. The highest BCUT2D eigenvalue weighted by Crippen LogP contribution is 2.48. The first-order chi connectivity index (χ1) is 23.3. The molecule has 1 aromatic heterocycles. The monoisotopic (exact) mass is 679 g/mol. The van der Waals surface area contributed by atoms with E-state index in [0.717, 1.165) is 18.4 Å². The minimum atomic E-state index is -1.80. The number of hydrogen-bond acceptors (Lipinski definition) is 9. The van der Waals surface area contributed by atoms with Crippen LogP contribution in [-0.2, 0) is 23.7 Å². The van der Waals surface area contributed by atoms with E-state index in [1.165, 1.54) is 6.26 Å². The minimum Gasteiger partial charge on any atom is -0.462 e. The van der Waals surface area contributed by atoms with Gasteiger partial charge in [0.25, 0.3) is 5.91 Å². The van der Waals surface area contributed by atoms with E-state index in [2.05, 4.69) is 32.2 Å². The Kier molecular flexibility index (Phi) is 10.5. The predicted molar refractivity (Wildman–Crippen MR) is 182 cm³/mol. The largest absolute Gasteiger partial charge is 0.462 e. The van der Waals surface area contributed by atoms with Crippen LogP contribution in [0.5, 0.6) is 0 Å². The van der Waals surface area contributed by atoms with Crippen LogP contribution in [0.15, 0.2) is 69.9 Å². The Morgan fingerprint density at radius 2 is 1.96 bits per heavy atom. The van der Waals surface area contributed by atoms with Gasteiger partial charge < -0.3 is 38.9 Å². The molecule has 1 amide bonds. The fraction of sp³-hybridized carbons (Fsp3) is 0.641. The van der Waals surface area contributed by atoms with Gasteiger partial charge in [0, 0.05) is 19.3 Å². The van der Waals surface area contributed by atoms with Gasteiger partial charge >= 0.3 is 5.97 Å². The van der Waals surface area contributed by atoms with Crippen LogP contribution in [0, 0.1) is 23.7 Å². The van der Waals surface area contributed by atoms with E-state index >= 15 is 0 Å². The summed E-state index contributed by atoms with van der Waals surface area (Å²) in [6, 6.07) is 2.93. The standard InChI is InChI=1S/C39H53NO9/c1-7-22(2)34-25(5)15-16-38(49-34)20-29-19-28(48-38)14-13-24(4)32(40-36(42)31-12-9-17-45-31)23(3)10-8-11-27-21-46-35-33(41)26(6)18-30(37(43)47-29)39(27,35)44/h8-13,17-18,22-23,25,28-30,32-35,41,44H,7,14-16,19-21H2,1-6H3,(H,40,42)/b10-8+,24-13+,27-11+/t22-,23-,25-,28+,29-,30-,32+,33+,34+,35+,38+,39+/m0/s1. The Balaban J connectivity index is 1.39. The number of ether oxygens (including phenoxy) is 4. The summed E-state index contributed by atoms with van der Waals surface area (Å²) in [5, 5.41) is 26.5. The Hall–Kier alpha value is -3.02. The first kappa shape index (κ1) is 35.8. The van der Waals surface area contributed by atoms with E-state index in [9.17, 15) is 19.8 Å². The van der Waals surface area contributed by atoms with Crippen LogP contribution in [-0.4, -0.2) is 76.6 Å². The van der Waals surface area contributed by atoms with Gasteiger partial charge in [-0.3, -0.25) is 9.59 Å². The Morgan fingerprint density at radius 3 is 2.69 bits per heavy atom. The van der Waals surface area contributed by atoms with E-state index in [4.69, 9.17) is 23.4 Å². The third-order valence-corrected chi connectivity index (χ3v) is 11.6. The molecule has 2 bridgehead atoms. The highest BCUT2D eigenvalue weighted by molar-refractivity contribution is 5.91. The number of fused-ring (bicyclic) bond motifs is 2. The number of carbonyl (C=O) groups is 2. The lowest BCUT2D eigenvalue weighted by Crippen LogP contribution is -2.58. The summed E-state index contributed by atoms with van der Waals surface area (Å²) < 4.78 is 31.4. The lowest BCUT2D eigenvalue weighted by Gasteiger charge is -2.51. The number of carbonyl (C=O) groups excluding carboxylic acids is 2. The first-order valence-corrected chi connectivity index (χ1v) is 18.0. The molecular weight excluding hydrogens is 626 g/mol. The number of aliphatic hydroxyl groups is 2. The maximum atomic E-state index is 14.2. The second-order valence-corrected chi connectivity index (χ2v) is 15.1. The molecule has 3 saturated heterocycles. The molecule has 49 heavy (non-hydrogen) atoms. The second-order valence-electron chi connectivity index (χ2n) is 15.1. The van der Waals surface area contributed by atoms with Crippen LogP contribution in [0.4, 0.5) is 0 Å². The molecule has 4 aliphatic heterocycles. The maximum Gasteiger partial charge on any atom is 0.316 e. The van der Waals surface area contributed by atoms with E-state index in [1.54, 1.807) is 31.2 Å². The van der Waals surface area contributed by atoms with Gasteiger partial charge in [-0.1, -0.05) is 70.1 Å². The van der Waals surface area contributed by atoms with Crippen molar-refractivity contribution in [2.24, 2.45) is 23.7 Å². The van der Waals surface area contributed by atoms with Crippen LogP contribution in [0.1, 0.15) is 90.6 Å². The Morgan fingerprint density at radius 1 is 1.16 bits per heavy atom. The van der Waals surface area contributed by atoms with Crippen LogP contribution >= 0.6 is 0 Å². The van der Waals surface area contributed by atoms with E-state index in [1.807, 2.05) is 26.0 Å².